The number of amides is 1. The molecule has 0 aromatic heterocycles. The molecule has 0 aliphatic heterocycles. The summed E-state index contributed by atoms with van der Waals surface area (Å²) in [6.07, 6.45) is -11.5. The van der Waals surface area contributed by atoms with Crippen molar-refractivity contribution in [1.82, 2.24) is 4.90 Å². The summed E-state index contributed by atoms with van der Waals surface area (Å²) in [7, 11) is -2.33. The van der Waals surface area contributed by atoms with Crippen molar-refractivity contribution in [3.63, 3.8) is 0 Å². The highest BCUT2D eigenvalue weighted by Crippen LogP contribution is 2.34. The summed E-state index contributed by atoms with van der Waals surface area (Å²) in [5.41, 5.74) is 0. The van der Waals surface area contributed by atoms with Crippen molar-refractivity contribution < 1.29 is 31.1 Å². The maximum absolute atomic E-state index is 12.0. The third-order valence-corrected chi connectivity index (χ3v) is 2.80. The van der Waals surface area contributed by atoms with Gasteiger partial charge >= 0.3 is 12.6 Å². The van der Waals surface area contributed by atoms with E-state index in [-0.39, 0.29) is 0 Å². The van der Waals surface area contributed by atoms with E-state index in [9.17, 15) is 31.1 Å². The zero-order valence-electron chi connectivity index (χ0n) is 8.83. The molecule has 0 bridgehead atoms. The summed E-state index contributed by atoms with van der Waals surface area (Å²) >= 11 is 0. The fourth-order valence-corrected chi connectivity index (χ4v) is 2.02. The van der Waals surface area contributed by atoms with Crippen LogP contribution in [0.5, 0.6) is 0 Å². The van der Waals surface area contributed by atoms with E-state index in [1.807, 2.05) is 0 Å². The second-order valence-corrected chi connectivity index (χ2v) is 9.88. The van der Waals surface area contributed by atoms with E-state index in [1.54, 1.807) is 0 Å². The van der Waals surface area contributed by atoms with Crippen LogP contribution in [-0.4, -0.2) is 31.5 Å². The Morgan fingerprint density at radius 2 is 1.31 bits per heavy atom. The van der Waals surface area contributed by atoms with Crippen LogP contribution < -0.4 is 0 Å². The monoisotopic (exact) mass is 267 g/mol. The lowest BCUT2D eigenvalue weighted by atomic mass is 10.6. The van der Waals surface area contributed by atoms with Crippen molar-refractivity contribution in [2.75, 3.05) is 0 Å². The molecular formula is C7H11F6NOSi. The highest BCUT2D eigenvalue weighted by atomic mass is 28.3. The quantitative estimate of drug-likeness (QED) is 0.427. The van der Waals surface area contributed by atoms with Gasteiger partial charge in [0.05, 0.1) is 8.07 Å². The summed E-state index contributed by atoms with van der Waals surface area (Å²) in [5.74, 6) is -1.95. The van der Waals surface area contributed by atoms with Crippen molar-refractivity contribution in [1.29, 1.82) is 0 Å². The molecule has 0 fully saturated rings. The predicted octanol–water partition coefficient (Wildman–Crippen LogP) is 3.19. The van der Waals surface area contributed by atoms with Crippen LogP contribution in [0.3, 0.4) is 0 Å². The van der Waals surface area contributed by atoms with Crippen LogP contribution in [0.2, 0.25) is 25.7 Å². The van der Waals surface area contributed by atoms with Gasteiger partial charge in [-0.25, -0.2) is 0 Å². The standard InChI is InChI=1S/C7H11F6NOSi/c1-16(2,3)4-5(15)14(6(8,9)10)7(11,12)13/h4H2,1-3H3. The smallest absolute Gasteiger partial charge is 0.275 e. The first-order chi connectivity index (χ1) is 6.75. The SMILES string of the molecule is C[Si](C)(C)CC(=O)N(C(F)(F)F)C(F)(F)F. The topological polar surface area (TPSA) is 20.3 Å². The number of nitrogens with zero attached hydrogens (tertiary/aromatic N) is 1. The first-order valence-electron chi connectivity index (χ1n) is 4.22. The number of carbonyl (C=O) groups is 1. The van der Waals surface area contributed by atoms with Crippen LogP contribution in [0.4, 0.5) is 26.3 Å². The predicted molar refractivity (Wildman–Crippen MR) is 47.1 cm³/mol. The molecule has 0 atom stereocenters. The maximum Gasteiger partial charge on any atom is 0.494 e. The molecule has 0 N–H and O–H groups in total. The molecule has 1 amide bonds. The van der Waals surface area contributed by atoms with Gasteiger partial charge in [0, 0.05) is 6.04 Å². The summed E-state index contributed by atoms with van der Waals surface area (Å²) < 4.78 is 72.3. The number of hydrogen-bond donors (Lipinski definition) is 0. The van der Waals surface area contributed by atoms with Gasteiger partial charge in [-0.2, -0.15) is 4.90 Å². The number of carbonyl (C=O) groups excluding carboxylic acids is 1. The molecule has 0 rings (SSSR count). The maximum atomic E-state index is 12.0. The molecular weight excluding hydrogens is 256 g/mol. The summed E-state index contributed by atoms with van der Waals surface area (Å²) in [6.45, 7) is 4.53. The van der Waals surface area contributed by atoms with Gasteiger partial charge < -0.3 is 0 Å². The molecule has 0 unspecified atom stereocenters. The lowest BCUT2D eigenvalue weighted by molar-refractivity contribution is -0.355. The third kappa shape index (κ3) is 4.86. The summed E-state index contributed by atoms with van der Waals surface area (Å²) in [4.78, 5) is 9.01. The van der Waals surface area contributed by atoms with Gasteiger partial charge in [-0.15, -0.1) is 26.3 Å². The zero-order chi connectivity index (χ0) is 13.4. The van der Waals surface area contributed by atoms with Crippen LogP contribution >= 0.6 is 0 Å². The molecule has 0 saturated heterocycles. The molecule has 0 aromatic rings. The van der Waals surface area contributed by atoms with Gasteiger partial charge in [-0.1, -0.05) is 19.6 Å². The molecule has 0 heterocycles. The van der Waals surface area contributed by atoms with Crippen molar-refractivity contribution in [2.24, 2.45) is 0 Å². The zero-order valence-corrected chi connectivity index (χ0v) is 9.83. The molecule has 0 aliphatic carbocycles. The third-order valence-electron chi connectivity index (χ3n) is 1.44. The average molecular weight is 267 g/mol. The van der Waals surface area contributed by atoms with Crippen molar-refractivity contribution in [3.8, 4) is 0 Å². The number of alkyl halides is 6. The number of hydrogen-bond acceptors (Lipinski definition) is 1. The lowest BCUT2D eigenvalue weighted by Gasteiger charge is -2.28. The first-order valence-corrected chi connectivity index (χ1v) is 7.92. The Hall–Kier alpha value is -0.733. The molecule has 0 aromatic carbocycles. The van der Waals surface area contributed by atoms with Crippen molar-refractivity contribution in [2.45, 2.75) is 38.3 Å². The Labute approximate surface area is 89.2 Å². The Morgan fingerprint density at radius 1 is 1.00 bits per heavy atom. The number of halogens is 6. The van der Waals surface area contributed by atoms with E-state index in [1.165, 1.54) is 19.6 Å². The van der Waals surface area contributed by atoms with Crippen LogP contribution in [0.15, 0.2) is 0 Å². The van der Waals surface area contributed by atoms with Gasteiger partial charge in [0.2, 0.25) is 5.91 Å². The summed E-state index contributed by atoms with van der Waals surface area (Å²) in [5, 5.41) is 0. The molecule has 0 aliphatic rings. The minimum absolute atomic E-state index is 0.702. The van der Waals surface area contributed by atoms with Crippen LogP contribution in [0.1, 0.15) is 0 Å². The van der Waals surface area contributed by atoms with E-state index in [0.717, 1.165) is 0 Å². The molecule has 96 valence electrons. The highest BCUT2D eigenvalue weighted by Gasteiger charge is 2.57. The van der Waals surface area contributed by atoms with Gasteiger partial charge in [0.1, 0.15) is 0 Å². The molecule has 0 saturated carbocycles. The Morgan fingerprint density at radius 3 is 1.50 bits per heavy atom. The first kappa shape index (κ1) is 15.3. The van der Waals surface area contributed by atoms with E-state index in [4.69, 9.17) is 0 Å². The van der Waals surface area contributed by atoms with Crippen molar-refractivity contribution in [3.05, 3.63) is 0 Å². The molecule has 9 heteroatoms. The molecule has 0 spiro atoms. The summed E-state index contributed by atoms with van der Waals surface area (Å²) in [6, 6.07) is -0.702. The van der Waals surface area contributed by atoms with Crippen molar-refractivity contribution >= 4 is 14.0 Å². The largest absolute Gasteiger partial charge is 0.494 e. The van der Waals surface area contributed by atoms with Crippen LogP contribution in [0.25, 0.3) is 0 Å². The second-order valence-electron chi connectivity index (χ2n) is 4.40. The normalized spacial score (nSPS) is 13.8. The molecule has 2 nitrogen and oxygen atoms in total. The fourth-order valence-electron chi connectivity index (χ4n) is 0.959. The minimum atomic E-state index is -5.73. The van der Waals surface area contributed by atoms with Gasteiger partial charge in [-0.05, 0) is 0 Å². The van der Waals surface area contributed by atoms with Crippen LogP contribution in [-0.2, 0) is 4.79 Å². The minimum Gasteiger partial charge on any atom is -0.275 e. The lowest BCUT2D eigenvalue weighted by Crippen LogP contribution is -2.53. The Kier molecular flexibility index (Phi) is 4.07. The highest BCUT2D eigenvalue weighted by molar-refractivity contribution is 6.78. The average Bonchev–Trinajstić information content (AvgIpc) is 1.70. The van der Waals surface area contributed by atoms with Gasteiger partial charge in [0.25, 0.3) is 0 Å². The van der Waals surface area contributed by atoms with E-state index in [2.05, 4.69) is 0 Å². The van der Waals surface area contributed by atoms with Crippen LogP contribution in [0, 0.1) is 0 Å². The molecule has 0 radical (unpaired) electrons. The fraction of sp³-hybridized carbons (Fsp3) is 0.857. The number of rotatable bonds is 2. The Balaban J connectivity index is 5.03. The van der Waals surface area contributed by atoms with E-state index in [0.29, 0.717) is 0 Å². The van der Waals surface area contributed by atoms with E-state index >= 15 is 0 Å². The van der Waals surface area contributed by atoms with E-state index < -0.39 is 37.5 Å². The van der Waals surface area contributed by atoms with Gasteiger partial charge in [0.15, 0.2) is 0 Å². The Bertz CT molecular complexity index is 252. The molecule has 16 heavy (non-hydrogen) atoms. The van der Waals surface area contributed by atoms with Gasteiger partial charge in [-0.3, -0.25) is 4.79 Å². The second kappa shape index (κ2) is 4.26.